The maximum atomic E-state index is 12.3. The lowest BCUT2D eigenvalue weighted by molar-refractivity contribution is -0.142. The molecule has 1 fully saturated rings. The third kappa shape index (κ3) is 6.57. The number of nitrogens with one attached hydrogen (secondary N) is 2. The van der Waals surface area contributed by atoms with E-state index in [0.717, 1.165) is 43.6 Å². The van der Waals surface area contributed by atoms with Crippen LogP contribution in [0.3, 0.4) is 0 Å². The number of para-hydroxylation sites is 1. The van der Waals surface area contributed by atoms with Crippen LogP contribution in [0.15, 0.2) is 48.5 Å². The molecule has 0 atom stereocenters. The molecule has 1 heterocycles. The van der Waals surface area contributed by atoms with Crippen LogP contribution in [0.2, 0.25) is 0 Å². The number of amides is 1. The second-order valence-corrected chi connectivity index (χ2v) is 8.12. The van der Waals surface area contributed by atoms with E-state index >= 15 is 0 Å². The maximum Gasteiger partial charge on any atom is 0.310 e. The minimum atomic E-state index is -0.197. The summed E-state index contributed by atoms with van der Waals surface area (Å²) in [4.78, 5) is 26.6. The van der Waals surface area contributed by atoms with Crippen molar-refractivity contribution in [3.8, 4) is 0 Å². The van der Waals surface area contributed by atoms with Crippen LogP contribution < -0.4 is 16.0 Å². The first-order valence-electron chi connectivity index (χ1n) is 11.2. The summed E-state index contributed by atoms with van der Waals surface area (Å²) >= 11 is 0. The summed E-state index contributed by atoms with van der Waals surface area (Å²) in [5.74, 6) is 0.326. The predicted octanol–water partition coefficient (Wildman–Crippen LogP) is 3.71. The summed E-state index contributed by atoms with van der Waals surface area (Å²) in [6.45, 7) is 4.04. The Hall–Kier alpha value is -3.35. The summed E-state index contributed by atoms with van der Waals surface area (Å²) < 4.78 is 5.11. The van der Waals surface area contributed by atoms with E-state index in [2.05, 4.69) is 16.3 Å². The van der Waals surface area contributed by atoms with Gasteiger partial charge >= 0.3 is 5.97 Å². The Labute approximate surface area is 189 Å². The van der Waals surface area contributed by atoms with Crippen LogP contribution in [-0.2, 0) is 20.7 Å². The molecule has 0 bridgehead atoms. The number of piperidine rings is 1. The van der Waals surface area contributed by atoms with Gasteiger partial charge in [-0.05, 0) is 68.0 Å². The standard InChI is InChI=1S/C25H32N4O3/c1-2-32-24(31)17-20-5-3-4-6-22(20)29-15-13-18(14-16-29)7-12-23(30)28-21-10-8-19(9-11-21)25(26)27/h3-6,8-11,18H,2,7,12-17H2,1H3,(H3,26,27)(H,28,30). The van der Waals surface area contributed by atoms with E-state index < -0.39 is 0 Å². The van der Waals surface area contributed by atoms with E-state index in [1.54, 1.807) is 24.3 Å². The number of carbonyl (C=O) groups is 2. The normalized spacial score (nSPS) is 14.1. The largest absolute Gasteiger partial charge is 0.466 e. The minimum Gasteiger partial charge on any atom is -0.466 e. The molecule has 1 aliphatic rings. The first kappa shape index (κ1) is 23.3. The minimum absolute atomic E-state index is 0.00258. The van der Waals surface area contributed by atoms with Crippen molar-refractivity contribution >= 4 is 29.1 Å². The third-order valence-corrected chi connectivity index (χ3v) is 5.85. The van der Waals surface area contributed by atoms with Crippen molar-refractivity contribution in [3.63, 3.8) is 0 Å². The zero-order valence-corrected chi connectivity index (χ0v) is 18.6. The van der Waals surface area contributed by atoms with E-state index in [0.29, 0.717) is 30.2 Å². The molecular formula is C25H32N4O3. The van der Waals surface area contributed by atoms with Gasteiger partial charge in [-0.2, -0.15) is 0 Å². The zero-order valence-electron chi connectivity index (χ0n) is 18.6. The second kappa shape index (κ2) is 11.3. The fourth-order valence-electron chi connectivity index (χ4n) is 4.09. The maximum absolute atomic E-state index is 12.3. The topological polar surface area (TPSA) is 109 Å². The van der Waals surface area contributed by atoms with Gasteiger partial charge in [0.1, 0.15) is 5.84 Å². The monoisotopic (exact) mass is 436 g/mol. The Balaban J connectivity index is 1.45. The number of hydrogen-bond donors (Lipinski definition) is 3. The molecule has 0 radical (unpaired) electrons. The van der Waals surface area contributed by atoms with E-state index in [-0.39, 0.29) is 24.1 Å². The van der Waals surface area contributed by atoms with Crippen LogP contribution in [-0.4, -0.2) is 37.4 Å². The summed E-state index contributed by atoms with van der Waals surface area (Å²) in [6, 6.07) is 15.0. The highest BCUT2D eigenvalue weighted by atomic mass is 16.5. The van der Waals surface area contributed by atoms with Gasteiger partial charge in [-0.25, -0.2) is 0 Å². The lowest BCUT2D eigenvalue weighted by atomic mass is 9.91. The number of esters is 1. The van der Waals surface area contributed by atoms with Crippen molar-refractivity contribution in [3.05, 3.63) is 59.7 Å². The van der Waals surface area contributed by atoms with Gasteiger partial charge in [-0.1, -0.05) is 18.2 Å². The first-order chi connectivity index (χ1) is 15.5. The highest BCUT2D eigenvalue weighted by molar-refractivity contribution is 5.96. The average molecular weight is 437 g/mol. The van der Waals surface area contributed by atoms with Crippen LogP contribution >= 0.6 is 0 Å². The molecule has 2 aromatic rings. The van der Waals surface area contributed by atoms with Gasteiger partial charge in [0.05, 0.1) is 13.0 Å². The van der Waals surface area contributed by atoms with Crippen molar-refractivity contribution in [1.29, 1.82) is 5.41 Å². The number of carbonyl (C=O) groups excluding carboxylic acids is 2. The Morgan fingerprint density at radius 2 is 1.81 bits per heavy atom. The molecule has 2 aromatic carbocycles. The molecule has 0 saturated carbocycles. The van der Waals surface area contributed by atoms with Crippen LogP contribution in [0, 0.1) is 11.3 Å². The molecular weight excluding hydrogens is 404 g/mol. The van der Waals surface area contributed by atoms with Gasteiger partial charge in [0.25, 0.3) is 0 Å². The molecule has 1 aliphatic heterocycles. The number of amidine groups is 1. The van der Waals surface area contributed by atoms with E-state index in [1.807, 2.05) is 25.1 Å². The van der Waals surface area contributed by atoms with Crippen molar-refractivity contribution in [2.24, 2.45) is 11.7 Å². The number of nitrogens with zero attached hydrogens (tertiary/aromatic N) is 1. The predicted molar refractivity (Wildman–Crippen MR) is 127 cm³/mol. The van der Waals surface area contributed by atoms with Crippen molar-refractivity contribution in [2.45, 2.75) is 39.0 Å². The Kier molecular flexibility index (Phi) is 8.25. The molecule has 0 spiro atoms. The molecule has 7 heteroatoms. The lowest BCUT2D eigenvalue weighted by Crippen LogP contribution is -2.34. The van der Waals surface area contributed by atoms with Gasteiger partial charge in [-0.15, -0.1) is 0 Å². The molecule has 1 amide bonds. The molecule has 1 saturated heterocycles. The Morgan fingerprint density at radius 1 is 1.12 bits per heavy atom. The highest BCUT2D eigenvalue weighted by Gasteiger charge is 2.22. The molecule has 0 aromatic heterocycles. The molecule has 0 aliphatic carbocycles. The quantitative estimate of drug-likeness (QED) is 0.315. The van der Waals surface area contributed by atoms with Crippen LogP contribution in [0.1, 0.15) is 43.7 Å². The van der Waals surface area contributed by atoms with Crippen LogP contribution in [0.5, 0.6) is 0 Å². The molecule has 3 rings (SSSR count). The Bertz CT molecular complexity index is 934. The summed E-state index contributed by atoms with van der Waals surface area (Å²) in [6.07, 6.45) is 3.68. The van der Waals surface area contributed by atoms with E-state index in [1.165, 1.54) is 0 Å². The molecule has 4 N–H and O–H groups in total. The SMILES string of the molecule is CCOC(=O)Cc1ccccc1N1CCC(CCC(=O)Nc2ccc(C(=N)N)cc2)CC1. The first-order valence-corrected chi connectivity index (χ1v) is 11.2. The fraction of sp³-hybridized carbons (Fsp3) is 0.400. The van der Waals surface area contributed by atoms with E-state index in [4.69, 9.17) is 15.9 Å². The average Bonchev–Trinajstić information content (AvgIpc) is 2.79. The van der Waals surface area contributed by atoms with Gasteiger partial charge in [0.15, 0.2) is 0 Å². The van der Waals surface area contributed by atoms with Crippen molar-refractivity contribution in [2.75, 3.05) is 29.9 Å². The second-order valence-electron chi connectivity index (χ2n) is 8.12. The van der Waals surface area contributed by atoms with Gasteiger partial charge < -0.3 is 20.7 Å². The lowest BCUT2D eigenvalue weighted by Gasteiger charge is -2.34. The summed E-state index contributed by atoms with van der Waals surface area (Å²) in [7, 11) is 0. The van der Waals surface area contributed by atoms with Crippen molar-refractivity contribution < 1.29 is 14.3 Å². The molecule has 7 nitrogen and oxygen atoms in total. The van der Waals surface area contributed by atoms with Crippen LogP contribution in [0.4, 0.5) is 11.4 Å². The highest BCUT2D eigenvalue weighted by Crippen LogP contribution is 2.29. The number of anilines is 2. The summed E-state index contributed by atoms with van der Waals surface area (Å²) in [5, 5.41) is 10.3. The number of ether oxygens (including phenoxy) is 1. The smallest absolute Gasteiger partial charge is 0.310 e. The Morgan fingerprint density at radius 3 is 2.47 bits per heavy atom. The van der Waals surface area contributed by atoms with Crippen molar-refractivity contribution in [1.82, 2.24) is 0 Å². The molecule has 170 valence electrons. The number of benzene rings is 2. The van der Waals surface area contributed by atoms with E-state index in [9.17, 15) is 9.59 Å². The fourth-order valence-corrected chi connectivity index (χ4v) is 4.09. The van der Waals surface area contributed by atoms with Gasteiger partial charge in [-0.3, -0.25) is 15.0 Å². The zero-order chi connectivity index (χ0) is 22.9. The number of nitrogens with two attached hydrogens (primary N) is 1. The summed E-state index contributed by atoms with van der Waals surface area (Å²) in [5.41, 5.74) is 8.91. The van der Waals surface area contributed by atoms with Gasteiger partial charge in [0, 0.05) is 36.4 Å². The number of nitrogen functional groups attached to an aromatic ring is 1. The number of hydrogen-bond acceptors (Lipinski definition) is 5. The van der Waals surface area contributed by atoms with Crippen LogP contribution in [0.25, 0.3) is 0 Å². The van der Waals surface area contributed by atoms with Gasteiger partial charge in [0.2, 0.25) is 5.91 Å². The molecule has 32 heavy (non-hydrogen) atoms. The number of rotatable bonds is 9. The molecule has 0 unspecified atom stereocenters. The third-order valence-electron chi connectivity index (χ3n) is 5.85.